The van der Waals surface area contributed by atoms with Crippen LogP contribution in [0.15, 0.2) is 29.6 Å². The topological polar surface area (TPSA) is 86.8 Å². The summed E-state index contributed by atoms with van der Waals surface area (Å²) in [5.41, 5.74) is 0.493. The molecule has 0 amide bonds. The highest BCUT2D eigenvalue weighted by atomic mass is 32.1. The lowest BCUT2D eigenvalue weighted by Crippen LogP contribution is -2.32. The lowest BCUT2D eigenvalue weighted by atomic mass is 9.78. The van der Waals surface area contributed by atoms with Crippen LogP contribution < -0.4 is 5.32 Å². The normalized spacial score (nSPS) is 27.5. The van der Waals surface area contributed by atoms with Gasteiger partial charge in [0.25, 0.3) is 0 Å². The molecule has 2 saturated heterocycles. The van der Waals surface area contributed by atoms with Crippen molar-refractivity contribution < 1.29 is 23.8 Å². The van der Waals surface area contributed by atoms with Crippen molar-refractivity contribution in [3.63, 3.8) is 0 Å². The molecule has 1 aromatic carbocycles. The van der Waals surface area contributed by atoms with Crippen molar-refractivity contribution in [2.45, 2.75) is 58.2 Å². The SMILES string of the molecule is CCCCOC[C@@H]1C[C@@]2(C[C@@](C)(c3csc(Nc4ccc(C)cc4)n3)OC2=O)C(=O)O1. The van der Waals surface area contributed by atoms with Crippen LogP contribution in [0, 0.1) is 12.3 Å². The zero-order chi connectivity index (χ0) is 22.1. The van der Waals surface area contributed by atoms with Crippen molar-refractivity contribution in [1.29, 1.82) is 0 Å². The molecule has 0 bridgehead atoms. The summed E-state index contributed by atoms with van der Waals surface area (Å²) in [6.45, 7) is 6.85. The fourth-order valence-corrected chi connectivity index (χ4v) is 4.96. The summed E-state index contributed by atoms with van der Waals surface area (Å²) in [5, 5.41) is 5.84. The lowest BCUT2D eigenvalue weighted by molar-refractivity contribution is -0.160. The Hall–Kier alpha value is -2.45. The van der Waals surface area contributed by atoms with E-state index in [0.29, 0.717) is 24.0 Å². The van der Waals surface area contributed by atoms with E-state index in [9.17, 15) is 9.59 Å². The molecule has 3 heterocycles. The number of thiazole rings is 1. The predicted octanol–water partition coefficient (Wildman–Crippen LogP) is 4.48. The summed E-state index contributed by atoms with van der Waals surface area (Å²) in [6.07, 6.45) is 2.07. The van der Waals surface area contributed by atoms with Crippen LogP contribution >= 0.6 is 11.3 Å². The van der Waals surface area contributed by atoms with Crippen molar-refractivity contribution in [2.75, 3.05) is 18.5 Å². The van der Waals surface area contributed by atoms with Gasteiger partial charge in [-0.05, 0) is 32.4 Å². The van der Waals surface area contributed by atoms with Gasteiger partial charge in [0.15, 0.2) is 16.1 Å². The van der Waals surface area contributed by atoms with Crippen LogP contribution in [0.25, 0.3) is 0 Å². The molecular weight excluding hydrogens is 416 g/mol. The molecular formula is C23H28N2O5S. The Kier molecular flexibility index (Phi) is 6.03. The monoisotopic (exact) mass is 444 g/mol. The van der Waals surface area contributed by atoms with Gasteiger partial charge in [0, 0.05) is 30.5 Å². The van der Waals surface area contributed by atoms with E-state index in [4.69, 9.17) is 14.2 Å². The van der Waals surface area contributed by atoms with Crippen LogP contribution in [0.2, 0.25) is 0 Å². The molecule has 0 radical (unpaired) electrons. The summed E-state index contributed by atoms with van der Waals surface area (Å²) < 4.78 is 16.8. The average molecular weight is 445 g/mol. The molecule has 1 spiro atoms. The standard InChI is InChI=1S/C23H28N2O5S/c1-4-5-10-28-12-17-11-23(19(26)29-17)14-22(3,30-20(23)27)18-13-31-21(25-18)24-16-8-6-15(2)7-9-16/h6-9,13,17H,4-5,10-12,14H2,1-3H3,(H,24,25)/t17-,22-,23+/m0/s1. The van der Waals surface area contributed by atoms with E-state index in [-0.39, 0.29) is 12.8 Å². The first-order valence-electron chi connectivity index (χ1n) is 10.7. The zero-order valence-electron chi connectivity index (χ0n) is 18.1. The van der Waals surface area contributed by atoms with Crippen molar-refractivity contribution in [3.8, 4) is 0 Å². The van der Waals surface area contributed by atoms with Gasteiger partial charge >= 0.3 is 11.9 Å². The third-order valence-corrected chi connectivity index (χ3v) is 6.64. The first kappa shape index (κ1) is 21.8. The number of benzene rings is 1. The Morgan fingerprint density at radius 3 is 2.77 bits per heavy atom. The van der Waals surface area contributed by atoms with Gasteiger partial charge in [0.1, 0.15) is 6.10 Å². The highest BCUT2D eigenvalue weighted by Gasteiger charge is 2.65. The molecule has 0 unspecified atom stereocenters. The minimum absolute atomic E-state index is 0.219. The Labute approximate surface area is 186 Å². The van der Waals surface area contributed by atoms with Gasteiger partial charge in [-0.25, -0.2) is 4.98 Å². The number of anilines is 2. The fourth-order valence-electron chi connectivity index (χ4n) is 4.11. The number of nitrogens with one attached hydrogen (secondary N) is 1. The number of carbonyl (C=O) groups excluding carboxylic acids is 2. The Bertz CT molecular complexity index is 959. The maximum atomic E-state index is 12.8. The molecule has 2 fully saturated rings. The highest BCUT2D eigenvalue weighted by Crippen LogP contribution is 2.52. The van der Waals surface area contributed by atoms with Gasteiger partial charge in [-0.3, -0.25) is 9.59 Å². The van der Waals surface area contributed by atoms with E-state index in [1.54, 1.807) is 0 Å². The summed E-state index contributed by atoms with van der Waals surface area (Å²) in [6, 6.07) is 8.02. The number of rotatable bonds is 8. The van der Waals surface area contributed by atoms with Crippen molar-refractivity contribution in [1.82, 2.24) is 4.98 Å². The smallest absolute Gasteiger partial charge is 0.324 e. The number of aromatic nitrogens is 1. The van der Waals surface area contributed by atoms with E-state index in [1.165, 1.54) is 16.9 Å². The second-order valence-electron chi connectivity index (χ2n) is 8.57. The number of nitrogens with zero attached hydrogens (tertiary/aromatic N) is 1. The summed E-state index contributed by atoms with van der Waals surface area (Å²) in [5.74, 6) is -1.05. The molecule has 3 atom stereocenters. The zero-order valence-corrected chi connectivity index (χ0v) is 18.9. The number of carbonyl (C=O) groups is 2. The third kappa shape index (κ3) is 4.32. The highest BCUT2D eigenvalue weighted by molar-refractivity contribution is 7.13. The number of unbranched alkanes of at least 4 members (excludes halogenated alkanes) is 1. The largest absolute Gasteiger partial charge is 0.459 e. The molecule has 2 aliphatic heterocycles. The van der Waals surface area contributed by atoms with E-state index in [0.717, 1.165) is 18.5 Å². The van der Waals surface area contributed by atoms with Gasteiger partial charge < -0.3 is 19.5 Å². The molecule has 2 aromatic rings. The van der Waals surface area contributed by atoms with E-state index < -0.39 is 29.1 Å². The van der Waals surface area contributed by atoms with Crippen LogP contribution in [0.1, 0.15) is 50.8 Å². The van der Waals surface area contributed by atoms with Crippen LogP contribution in [-0.4, -0.2) is 36.2 Å². The first-order valence-corrected chi connectivity index (χ1v) is 11.5. The van der Waals surface area contributed by atoms with Crippen LogP contribution in [-0.2, 0) is 29.4 Å². The summed E-state index contributed by atoms with van der Waals surface area (Å²) >= 11 is 1.43. The molecule has 7 nitrogen and oxygen atoms in total. The molecule has 2 aliphatic rings. The number of hydrogen-bond donors (Lipinski definition) is 1. The van der Waals surface area contributed by atoms with Crippen molar-refractivity contribution in [2.24, 2.45) is 5.41 Å². The molecule has 4 rings (SSSR count). The third-order valence-electron chi connectivity index (χ3n) is 5.88. The molecule has 8 heteroatoms. The maximum absolute atomic E-state index is 12.8. The van der Waals surface area contributed by atoms with Gasteiger partial charge in [-0.15, -0.1) is 11.3 Å². The number of cyclic esters (lactones) is 2. The number of esters is 2. The molecule has 0 aliphatic carbocycles. The van der Waals surface area contributed by atoms with Crippen LogP contribution in [0.5, 0.6) is 0 Å². The number of aryl methyl sites for hydroxylation is 1. The van der Waals surface area contributed by atoms with E-state index >= 15 is 0 Å². The molecule has 166 valence electrons. The van der Waals surface area contributed by atoms with Gasteiger partial charge in [0.2, 0.25) is 0 Å². The van der Waals surface area contributed by atoms with Crippen LogP contribution in [0.3, 0.4) is 0 Å². The number of hydrogen-bond acceptors (Lipinski definition) is 8. The maximum Gasteiger partial charge on any atom is 0.324 e. The van der Waals surface area contributed by atoms with Crippen LogP contribution in [0.4, 0.5) is 10.8 Å². The first-order chi connectivity index (χ1) is 14.8. The van der Waals surface area contributed by atoms with Crippen molar-refractivity contribution >= 4 is 34.1 Å². The summed E-state index contributed by atoms with van der Waals surface area (Å²) in [4.78, 5) is 30.2. The predicted molar refractivity (Wildman–Crippen MR) is 117 cm³/mol. The second-order valence-corrected chi connectivity index (χ2v) is 9.43. The molecule has 1 N–H and O–H groups in total. The molecule has 1 aromatic heterocycles. The summed E-state index contributed by atoms with van der Waals surface area (Å²) in [7, 11) is 0. The van der Waals surface area contributed by atoms with Gasteiger partial charge in [-0.2, -0.15) is 0 Å². The lowest BCUT2D eigenvalue weighted by Gasteiger charge is -2.20. The molecule has 31 heavy (non-hydrogen) atoms. The Morgan fingerprint density at radius 2 is 2.03 bits per heavy atom. The average Bonchev–Trinajstić information content (AvgIpc) is 3.39. The van der Waals surface area contributed by atoms with Gasteiger partial charge in [0.05, 0.1) is 12.3 Å². The van der Waals surface area contributed by atoms with E-state index in [2.05, 4.69) is 17.2 Å². The van der Waals surface area contributed by atoms with Gasteiger partial charge in [-0.1, -0.05) is 31.0 Å². The quantitative estimate of drug-likeness (QED) is 0.365. The fraction of sp³-hybridized carbons (Fsp3) is 0.522. The second kappa shape index (κ2) is 8.59. The Balaban J connectivity index is 1.45. The minimum Gasteiger partial charge on any atom is -0.459 e. The minimum atomic E-state index is -1.28. The molecule has 0 saturated carbocycles. The van der Waals surface area contributed by atoms with E-state index in [1.807, 2.05) is 43.5 Å². The van der Waals surface area contributed by atoms with Crippen molar-refractivity contribution in [3.05, 3.63) is 40.9 Å². The number of ether oxygens (including phenoxy) is 3. The Morgan fingerprint density at radius 1 is 1.26 bits per heavy atom.